The average Bonchev–Trinajstić information content (AvgIpc) is 2.66. The Hall–Kier alpha value is -2.15. The molecule has 2 N–H and O–H groups in total. The number of nitro benzene ring substituents is 1. The van der Waals surface area contributed by atoms with Crippen molar-refractivity contribution in [3.63, 3.8) is 0 Å². The van der Waals surface area contributed by atoms with E-state index in [1.54, 1.807) is 0 Å². The first-order valence-electron chi connectivity index (χ1n) is 9.92. The molecule has 0 spiro atoms. The summed E-state index contributed by atoms with van der Waals surface area (Å²) in [5, 5.41) is 10.6. The number of hydrogen-bond donors (Lipinski definition) is 1. The number of nitrogens with zero attached hydrogens (tertiary/aromatic N) is 1. The van der Waals surface area contributed by atoms with Crippen LogP contribution in [0.1, 0.15) is 70.6 Å². The lowest BCUT2D eigenvalue weighted by molar-refractivity contribution is -0.384. The fourth-order valence-electron chi connectivity index (χ4n) is 2.75. The van der Waals surface area contributed by atoms with E-state index in [9.17, 15) is 14.9 Å². The van der Waals surface area contributed by atoms with Gasteiger partial charge in [-0.2, -0.15) is 0 Å². The molecule has 0 atom stereocenters. The Morgan fingerprint density at radius 3 is 1.81 bits per heavy atom. The lowest BCUT2D eigenvalue weighted by atomic mass is 10.1. The zero-order chi connectivity index (χ0) is 19.7. The van der Waals surface area contributed by atoms with E-state index in [2.05, 4.69) is 0 Å². The lowest BCUT2D eigenvalue weighted by Gasteiger charge is -2.06. The van der Waals surface area contributed by atoms with Crippen LogP contribution >= 0.6 is 0 Å². The zero-order valence-electron chi connectivity index (χ0n) is 16.1. The molecule has 0 aromatic heterocycles. The van der Waals surface area contributed by atoms with Gasteiger partial charge >= 0.3 is 6.16 Å². The highest BCUT2D eigenvalue weighted by Gasteiger charge is 2.08. The number of rotatable bonds is 15. The summed E-state index contributed by atoms with van der Waals surface area (Å²) in [5.74, 6) is 0.230. The molecular weight excluding hydrogens is 348 g/mol. The Morgan fingerprint density at radius 2 is 1.33 bits per heavy atom. The minimum Gasteiger partial charge on any atom is -0.434 e. The van der Waals surface area contributed by atoms with Crippen molar-refractivity contribution in [3.8, 4) is 5.75 Å². The standard InChI is InChI=1S/C20H32N2O5/c21-16-10-8-6-4-2-1-3-5-7-9-11-17-26-20(23)27-19-14-12-18(13-15-19)22(24)25/h12-15H,1-11,16-17,21H2. The van der Waals surface area contributed by atoms with Gasteiger partial charge in [0.2, 0.25) is 0 Å². The summed E-state index contributed by atoms with van der Waals surface area (Å²) in [6.07, 6.45) is 12.3. The van der Waals surface area contributed by atoms with Gasteiger partial charge in [-0.3, -0.25) is 10.1 Å². The number of ether oxygens (including phenoxy) is 2. The molecular formula is C20H32N2O5. The van der Waals surface area contributed by atoms with Gasteiger partial charge in [-0.1, -0.05) is 57.8 Å². The van der Waals surface area contributed by atoms with Crippen LogP contribution in [0.2, 0.25) is 0 Å². The fourth-order valence-corrected chi connectivity index (χ4v) is 2.75. The molecule has 0 aliphatic rings. The van der Waals surface area contributed by atoms with Crippen molar-refractivity contribution in [2.24, 2.45) is 5.73 Å². The molecule has 0 bridgehead atoms. The first kappa shape index (κ1) is 22.9. The van der Waals surface area contributed by atoms with Gasteiger partial charge in [0.25, 0.3) is 5.69 Å². The minimum atomic E-state index is -0.779. The Balaban J connectivity index is 1.93. The van der Waals surface area contributed by atoms with Crippen LogP contribution < -0.4 is 10.5 Å². The number of carbonyl (C=O) groups is 1. The van der Waals surface area contributed by atoms with Gasteiger partial charge in [0, 0.05) is 12.1 Å². The van der Waals surface area contributed by atoms with E-state index < -0.39 is 11.1 Å². The highest BCUT2D eigenvalue weighted by molar-refractivity contribution is 5.63. The van der Waals surface area contributed by atoms with Gasteiger partial charge in [-0.05, 0) is 31.5 Å². The van der Waals surface area contributed by atoms with Gasteiger partial charge in [0.15, 0.2) is 0 Å². The van der Waals surface area contributed by atoms with E-state index >= 15 is 0 Å². The van der Waals surface area contributed by atoms with E-state index in [1.165, 1.54) is 69.2 Å². The third-order valence-corrected chi connectivity index (χ3v) is 4.32. The summed E-state index contributed by atoms with van der Waals surface area (Å²) in [5.41, 5.74) is 5.42. The van der Waals surface area contributed by atoms with Crippen LogP contribution in [0.3, 0.4) is 0 Å². The quantitative estimate of drug-likeness (QED) is 0.144. The second kappa shape index (κ2) is 15.0. The largest absolute Gasteiger partial charge is 0.513 e. The van der Waals surface area contributed by atoms with Gasteiger partial charge in [0.05, 0.1) is 11.5 Å². The molecule has 0 radical (unpaired) electrons. The zero-order valence-corrected chi connectivity index (χ0v) is 16.1. The number of nitro groups is 1. The normalized spacial score (nSPS) is 10.6. The Labute approximate surface area is 161 Å². The Bertz CT molecular complexity index is 534. The Kier molecular flexibility index (Phi) is 12.7. The smallest absolute Gasteiger partial charge is 0.434 e. The maximum atomic E-state index is 11.5. The number of carbonyl (C=O) groups excluding carboxylic acids is 1. The molecule has 0 fully saturated rings. The summed E-state index contributed by atoms with van der Waals surface area (Å²) in [6.45, 7) is 1.13. The molecule has 1 aromatic rings. The molecule has 0 aliphatic heterocycles. The summed E-state index contributed by atoms with van der Waals surface area (Å²) >= 11 is 0. The van der Waals surface area contributed by atoms with Gasteiger partial charge in [-0.15, -0.1) is 0 Å². The van der Waals surface area contributed by atoms with Crippen molar-refractivity contribution >= 4 is 11.8 Å². The monoisotopic (exact) mass is 380 g/mol. The van der Waals surface area contributed by atoms with Crippen LogP contribution in [0.25, 0.3) is 0 Å². The molecule has 1 rings (SSSR count). The lowest BCUT2D eigenvalue weighted by Crippen LogP contribution is -2.11. The molecule has 0 amide bonds. The molecule has 1 aromatic carbocycles. The highest BCUT2D eigenvalue weighted by Crippen LogP contribution is 2.17. The average molecular weight is 380 g/mol. The van der Waals surface area contributed by atoms with E-state index in [-0.39, 0.29) is 11.4 Å². The van der Waals surface area contributed by atoms with Crippen molar-refractivity contribution in [1.29, 1.82) is 0 Å². The molecule has 0 aliphatic carbocycles. The van der Waals surface area contributed by atoms with Crippen molar-refractivity contribution in [2.45, 2.75) is 70.6 Å². The SMILES string of the molecule is NCCCCCCCCCCCCCOC(=O)Oc1ccc([N+](=O)[O-])cc1. The van der Waals surface area contributed by atoms with Gasteiger partial charge in [0.1, 0.15) is 5.75 Å². The van der Waals surface area contributed by atoms with Crippen molar-refractivity contribution in [1.82, 2.24) is 0 Å². The molecule has 0 saturated heterocycles. The van der Waals surface area contributed by atoms with Gasteiger partial charge in [-0.25, -0.2) is 4.79 Å². The maximum absolute atomic E-state index is 11.5. The van der Waals surface area contributed by atoms with Crippen LogP contribution in [-0.4, -0.2) is 24.2 Å². The number of nitrogens with two attached hydrogens (primary N) is 1. The Morgan fingerprint density at radius 1 is 0.852 bits per heavy atom. The molecule has 0 unspecified atom stereocenters. The van der Waals surface area contributed by atoms with E-state index in [4.69, 9.17) is 15.2 Å². The third-order valence-electron chi connectivity index (χ3n) is 4.32. The molecule has 0 saturated carbocycles. The van der Waals surface area contributed by atoms with Crippen LogP contribution in [0.5, 0.6) is 5.75 Å². The summed E-state index contributed by atoms with van der Waals surface area (Å²) in [7, 11) is 0. The first-order chi connectivity index (χ1) is 13.1. The van der Waals surface area contributed by atoms with E-state index in [0.29, 0.717) is 6.61 Å². The predicted molar refractivity (Wildman–Crippen MR) is 105 cm³/mol. The van der Waals surface area contributed by atoms with Crippen molar-refractivity contribution in [3.05, 3.63) is 34.4 Å². The number of hydrogen-bond acceptors (Lipinski definition) is 6. The first-order valence-corrected chi connectivity index (χ1v) is 9.92. The highest BCUT2D eigenvalue weighted by atomic mass is 16.7. The second-order valence-electron chi connectivity index (χ2n) is 6.63. The van der Waals surface area contributed by atoms with Crippen molar-refractivity contribution in [2.75, 3.05) is 13.2 Å². The van der Waals surface area contributed by atoms with Crippen molar-refractivity contribution < 1.29 is 19.2 Å². The van der Waals surface area contributed by atoms with E-state index in [1.807, 2.05) is 0 Å². The fraction of sp³-hybridized carbons (Fsp3) is 0.650. The van der Waals surface area contributed by atoms with Crippen LogP contribution in [0, 0.1) is 10.1 Å². The summed E-state index contributed by atoms with van der Waals surface area (Å²) in [6, 6.07) is 5.31. The van der Waals surface area contributed by atoms with Crippen LogP contribution in [-0.2, 0) is 4.74 Å². The summed E-state index contributed by atoms with van der Waals surface area (Å²) < 4.78 is 9.98. The van der Waals surface area contributed by atoms with Crippen LogP contribution in [0.15, 0.2) is 24.3 Å². The van der Waals surface area contributed by atoms with E-state index in [0.717, 1.165) is 32.2 Å². The third kappa shape index (κ3) is 12.0. The summed E-state index contributed by atoms with van der Waals surface area (Å²) in [4.78, 5) is 21.6. The number of unbranched alkanes of at least 4 members (excludes halogenated alkanes) is 10. The maximum Gasteiger partial charge on any atom is 0.513 e. The molecule has 27 heavy (non-hydrogen) atoms. The molecule has 0 heterocycles. The molecule has 152 valence electrons. The number of non-ortho nitro benzene ring substituents is 1. The predicted octanol–water partition coefficient (Wildman–Crippen LogP) is 5.36. The minimum absolute atomic E-state index is 0.0534. The second-order valence-corrected chi connectivity index (χ2v) is 6.63. The molecule has 7 nitrogen and oxygen atoms in total. The number of benzene rings is 1. The van der Waals surface area contributed by atoms with Gasteiger partial charge < -0.3 is 15.2 Å². The molecule has 7 heteroatoms. The topological polar surface area (TPSA) is 105 Å². The van der Waals surface area contributed by atoms with Crippen LogP contribution in [0.4, 0.5) is 10.5 Å².